The van der Waals surface area contributed by atoms with Crippen LogP contribution in [0.15, 0.2) is 36.4 Å². The first kappa shape index (κ1) is 30.3. The van der Waals surface area contributed by atoms with Gasteiger partial charge in [0.25, 0.3) is 0 Å². The Morgan fingerprint density at radius 3 is 2.34 bits per heavy atom. The maximum atomic E-state index is 13.7. The van der Waals surface area contributed by atoms with E-state index in [0.29, 0.717) is 11.3 Å². The van der Waals surface area contributed by atoms with E-state index in [-0.39, 0.29) is 39.2 Å². The summed E-state index contributed by atoms with van der Waals surface area (Å²) in [5.41, 5.74) is 0.728. The molecule has 0 saturated heterocycles. The van der Waals surface area contributed by atoms with E-state index in [0.717, 1.165) is 42.7 Å². The van der Waals surface area contributed by atoms with Crippen LogP contribution in [0.5, 0.6) is 5.75 Å². The fourth-order valence-electron chi connectivity index (χ4n) is 4.42. The van der Waals surface area contributed by atoms with Gasteiger partial charge in [-0.15, -0.1) is 0 Å². The summed E-state index contributed by atoms with van der Waals surface area (Å²) in [6, 6.07) is 8.91. The number of hydrogen-bond acceptors (Lipinski definition) is 5. The van der Waals surface area contributed by atoms with E-state index >= 15 is 0 Å². The molecule has 38 heavy (non-hydrogen) atoms. The van der Waals surface area contributed by atoms with E-state index in [2.05, 4.69) is 5.32 Å². The summed E-state index contributed by atoms with van der Waals surface area (Å²) in [5.74, 6) is -0.298. The summed E-state index contributed by atoms with van der Waals surface area (Å²) in [5, 5.41) is 3.30. The highest BCUT2D eigenvalue weighted by molar-refractivity contribution is 7.92. The zero-order chi connectivity index (χ0) is 28.0. The molecule has 208 valence electrons. The molecule has 2 aromatic carbocycles. The summed E-state index contributed by atoms with van der Waals surface area (Å²) >= 11 is 18.4. The van der Waals surface area contributed by atoms with Gasteiger partial charge >= 0.3 is 0 Å². The molecule has 2 amide bonds. The molecule has 0 aromatic heterocycles. The number of nitrogens with one attached hydrogen (secondary N) is 1. The average Bonchev–Trinajstić information content (AvgIpc) is 2.87. The summed E-state index contributed by atoms with van der Waals surface area (Å²) in [6.07, 6.45) is 5.96. The van der Waals surface area contributed by atoms with Gasteiger partial charge in [-0.2, -0.15) is 0 Å². The van der Waals surface area contributed by atoms with Crippen LogP contribution in [0.3, 0.4) is 0 Å². The van der Waals surface area contributed by atoms with Gasteiger partial charge < -0.3 is 15.0 Å². The number of anilines is 1. The van der Waals surface area contributed by atoms with Gasteiger partial charge in [0.1, 0.15) is 18.3 Å². The minimum atomic E-state index is -3.97. The van der Waals surface area contributed by atoms with Crippen molar-refractivity contribution >= 4 is 62.3 Å². The molecule has 8 nitrogen and oxygen atoms in total. The van der Waals surface area contributed by atoms with Crippen molar-refractivity contribution in [2.24, 2.45) is 0 Å². The number of rotatable bonds is 10. The fourth-order valence-corrected chi connectivity index (χ4v) is 5.96. The van der Waals surface area contributed by atoms with Gasteiger partial charge in [0, 0.05) is 12.6 Å². The van der Waals surface area contributed by atoms with E-state index < -0.39 is 28.5 Å². The molecular formula is C26H32Cl3N3O5S. The minimum absolute atomic E-state index is 0.0116. The van der Waals surface area contributed by atoms with E-state index in [4.69, 9.17) is 39.5 Å². The molecule has 1 atom stereocenters. The van der Waals surface area contributed by atoms with Crippen molar-refractivity contribution in [3.8, 4) is 5.75 Å². The predicted molar refractivity (Wildman–Crippen MR) is 152 cm³/mol. The van der Waals surface area contributed by atoms with Crippen molar-refractivity contribution in [3.63, 3.8) is 0 Å². The quantitative estimate of drug-likeness (QED) is 0.372. The monoisotopic (exact) mass is 603 g/mol. The first-order valence-electron chi connectivity index (χ1n) is 12.3. The maximum absolute atomic E-state index is 13.7. The van der Waals surface area contributed by atoms with Crippen LogP contribution in [0.25, 0.3) is 0 Å². The zero-order valence-corrected chi connectivity index (χ0v) is 24.6. The molecule has 1 aliphatic carbocycles. The Morgan fingerprint density at radius 2 is 1.71 bits per heavy atom. The molecule has 0 unspecified atom stereocenters. The molecule has 0 aliphatic heterocycles. The van der Waals surface area contributed by atoms with Crippen molar-refractivity contribution in [1.82, 2.24) is 10.2 Å². The Bertz CT molecular complexity index is 1270. The molecule has 1 saturated carbocycles. The third kappa shape index (κ3) is 7.91. The smallest absolute Gasteiger partial charge is 0.244 e. The first-order valence-corrected chi connectivity index (χ1v) is 15.2. The number of amides is 2. The van der Waals surface area contributed by atoms with Crippen molar-refractivity contribution in [1.29, 1.82) is 0 Å². The van der Waals surface area contributed by atoms with Gasteiger partial charge in [-0.3, -0.25) is 13.9 Å². The molecule has 0 radical (unpaired) electrons. The van der Waals surface area contributed by atoms with Crippen LogP contribution >= 0.6 is 34.8 Å². The van der Waals surface area contributed by atoms with Crippen molar-refractivity contribution in [3.05, 3.63) is 57.0 Å². The second kappa shape index (κ2) is 13.2. The van der Waals surface area contributed by atoms with Crippen molar-refractivity contribution in [2.75, 3.05) is 24.2 Å². The van der Waals surface area contributed by atoms with Gasteiger partial charge in [0.05, 0.1) is 34.1 Å². The molecular weight excluding hydrogens is 573 g/mol. The average molecular weight is 605 g/mol. The minimum Gasteiger partial charge on any atom is -0.497 e. The lowest BCUT2D eigenvalue weighted by Gasteiger charge is -2.33. The standard InChI is InChI=1S/C26H32Cl3N3O5S/c1-17(26(34)30-19-9-5-4-6-10-19)31(15-18-8-7-11-20(12-18)37-2)25(33)16-32(38(3,35)36)24-14-22(28)21(27)13-23(24)29/h7-8,11-14,17,19H,4-6,9-10,15-16H2,1-3H3,(H,30,34)/t17-/m0/s1. The maximum Gasteiger partial charge on any atom is 0.244 e. The number of halogens is 3. The molecule has 1 N–H and O–H groups in total. The third-order valence-corrected chi connectivity index (χ3v) is 8.69. The lowest BCUT2D eigenvalue weighted by Crippen LogP contribution is -2.53. The zero-order valence-electron chi connectivity index (χ0n) is 21.5. The van der Waals surface area contributed by atoms with Crippen LogP contribution in [0, 0.1) is 0 Å². The number of methoxy groups -OCH3 is 1. The molecule has 0 heterocycles. The van der Waals surface area contributed by atoms with Crippen molar-refractivity contribution in [2.45, 2.75) is 57.7 Å². The van der Waals surface area contributed by atoms with E-state index in [1.165, 1.54) is 24.1 Å². The Hall–Kier alpha value is -2.20. The molecule has 2 aromatic rings. The van der Waals surface area contributed by atoms with E-state index in [1.54, 1.807) is 31.2 Å². The molecule has 1 aliphatic rings. The SMILES string of the molecule is COc1cccc(CN(C(=O)CN(c2cc(Cl)c(Cl)cc2Cl)S(C)(=O)=O)[C@@H](C)C(=O)NC2CCCCC2)c1. The Labute approximate surface area is 239 Å². The van der Waals surface area contributed by atoms with Gasteiger partial charge in [-0.1, -0.05) is 66.2 Å². The Kier molecular flexibility index (Phi) is 10.6. The summed E-state index contributed by atoms with van der Waals surface area (Å²) in [6.45, 7) is 1.09. The molecule has 1 fully saturated rings. The lowest BCUT2D eigenvalue weighted by molar-refractivity contribution is -0.139. The van der Waals surface area contributed by atoms with Crippen LogP contribution < -0.4 is 14.4 Å². The second-order valence-electron chi connectivity index (χ2n) is 9.38. The van der Waals surface area contributed by atoms with Crippen molar-refractivity contribution < 1.29 is 22.7 Å². The number of nitrogens with zero attached hydrogens (tertiary/aromatic N) is 2. The van der Waals surface area contributed by atoms with Gasteiger partial charge in [-0.05, 0) is 49.6 Å². The number of sulfonamides is 1. The Balaban J connectivity index is 1.93. The summed E-state index contributed by atoms with van der Waals surface area (Å²) in [7, 11) is -2.44. The molecule has 0 spiro atoms. The first-order chi connectivity index (χ1) is 17.9. The Morgan fingerprint density at radius 1 is 1.05 bits per heavy atom. The van der Waals surface area contributed by atoms with Gasteiger partial charge in [-0.25, -0.2) is 8.42 Å². The van der Waals surface area contributed by atoms with Crippen LogP contribution in [-0.2, 0) is 26.2 Å². The topological polar surface area (TPSA) is 96.0 Å². The predicted octanol–water partition coefficient (Wildman–Crippen LogP) is 5.29. The summed E-state index contributed by atoms with van der Waals surface area (Å²) < 4.78 is 31.7. The normalized spacial score (nSPS) is 15.0. The largest absolute Gasteiger partial charge is 0.497 e. The van der Waals surface area contributed by atoms with E-state index in [9.17, 15) is 18.0 Å². The van der Waals surface area contributed by atoms with E-state index in [1.807, 2.05) is 0 Å². The lowest BCUT2D eigenvalue weighted by atomic mass is 9.95. The second-order valence-corrected chi connectivity index (χ2v) is 12.5. The number of carbonyl (C=O) groups is 2. The van der Waals surface area contributed by atoms with Crippen LogP contribution in [0.4, 0.5) is 5.69 Å². The molecule has 0 bridgehead atoms. The van der Waals surface area contributed by atoms with Crippen LogP contribution in [-0.4, -0.2) is 57.1 Å². The van der Waals surface area contributed by atoms with Crippen LogP contribution in [0.2, 0.25) is 15.1 Å². The van der Waals surface area contributed by atoms with Gasteiger partial charge in [0.2, 0.25) is 21.8 Å². The number of hydrogen-bond donors (Lipinski definition) is 1. The number of carbonyl (C=O) groups excluding carboxylic acids is 2. The third-order valence-electron chi connectivity index (χ3n) is 6.54. The molecule has 12 heteroatoms. The molecule has 3 rings (SSSR count). The summed E-state index contributed by atoms with van der Waals surface area (Å²) in [4.78, 5) is 28.3. The fraction of sp³-hybridized carbons (Fsp3) is 0.462. The van der Waals surface area contributed by atoms with Crippen LogP contribution in [0.1, 0.15) is 44.6 Å². The highest BCUT2D eigenvalue weighted by Gasteiger charge is 2.32. The number of benzene rings is 2. The van der Waals surface area contributed by atoms with Gasteiger partial charge in [0.15, 0.2) is 0 Å². The number of ether oxygens (including phenoxy) is 1. The highest BCUT2D eigenvalue weighted by atomic mass is 35.5. The highest BCUT2D eigenvalue weighted by Crippen LogP contribution is 2.35.